The summed E-state index contributed by atoms with van der Waals surface area (Å²) in [4.78, 5) is 4.28. The van der Waals surface area contributed by atoms with Crippen LogP contribution in [-0.4, -0.2) is 10.1 Å². The van der Waals surface area contributed by atoms with Gasteiger partial charge in [-0.3, -0.25) is 4.98 Å². The molecular weight excluding hydrogens is 241 g/mol. The second-order valence-corrected chi connectivity index (χ2v) is 4.76. The molecule has 0 radical (unpaired) electrons. The van der Waals surface area contributed by atoms with E-state index in [0.717, 1.165) is 23.2 Å². The molecule has 1 N–H and O–H groups in total. The Bertz CT molecular complexity index is 551. The first kappa shape index (κ1) is 13.7. The minimum atomic E-state index is -0.861. The van der Waals surface area contributed by atoms with Crippen molar-refractivity contribution in [1.29, 1.82) is 0 Å². The van der Waals surface area contributed by atoms with Crippen LogP contribution in [-0.2, 0) is 12.8 Å². The normalized spacial score (nSPS) is 12.4. The molecule has 0 aliphatic carbocycles. The summed E-state index contributed by atoms with van der Waals surface area (Å²) in [5, 5.41) is 10.1. The van der Waals surface area contributed by atoms with Crippen molar-refractivity contribution in [3.8, 4) is 0 Å². The Labute approximate surface area is 112 Å². The van der Waals surface area contributed by atoms with E-state index in [-0.39, 0.29) is 5.82 Å². The highest BCUT2D eigenvalue weighted by atomic mass is 19.1. The lowest BCUT2D eigenvalue weighted by molar-refractivity contribution is 0.172. The molecule has 0 fully saturated rings. The lowest BCUT2D eigenvalue weighted by Crippen LogP contribution is -2.06. The van der Waals surface area contributed by atoms with Crippen LogP contribution in [0.5, 0.6) is 0 Å². The number of aromatic nitrogens is 1. The van der Waals surface area contributed by atoms with Gasteiger partial charge in [0.1, 0.15) is 5.82 Å². The number of nitrogens with zero attached hydrogens (tertiary/aromatic N) is 1. The predicted octanol–water partition coefficient (Wildman–Crippen LogP) is 3.37. The SMILES string of the molecule is CCc1ccc(CC(O)c2ccc(C)cc2F)nc1. The third-order valence-electron chi connectivity index (χ3n) is 3.21. The first-order valence-corrected chi connectivity index (χ1v) is 6.48. The van der Waals surface area contributed by atoms with Crippen molar-refractivity contribution in [2.75, 3.05) is 0 Å². The second-order valence-electron chi connectivity index (χ2n) is 4.76. The fourth-order valence-corrected chi connectivity index (χ4v) is 2.00. The molecule has 0 spiro atoms. The average molecular weight is 259 g/mol. The molecule has 100 valence electrons. The average Bonchev–Trinajstić information content (AvgIpc) is 2.39. The molecule has 3 heteroatoms. The number of halogens is 1. The number of rotatable bonds is 4. The zero-order chi connectivity index (χ0) is 13.8. The van der Waals surface area contributed by atoms with Gasteiger partial charge in [0.2, 0.25) is 0 Å². The molecule has 1 atom stereocenters. The molecule has 0 aliphatic heterocycles. The summed E-state index contributed by atoms with van der Waals surface area (Å²) >= 11 is 0. The maximum Gasteiger partial charge on any atom is 0.129 e. The van der Waals surface area contributed by atoms with E-state index in [4.69, 9.17) is 0 Å². The van der Waals surface area contributed by atoms with E-state index in [2.05, 4.69) is 11.9 Å². The van der Waals surface area contributed by atoms with Gasteiger partial charge >= 0.3 is 0 Å². The van der Waals surface area contributed by atoms with Crippen LogP contribution in [0.3, 0.4) is 0 Å². The fraction of sp³-hybridized carbons (Fsp3) is 0.312. The number of benzene rings is 1. The summed E-state index contributed by atoms with van der Waals surface area (Å²) in [6, 6.07) is 8.74. The molecule has 0 saturated carbocycles. The standard InChI is InChI=1S/C16H18FNO/c1-3-12-5-6-13(18-10-12)9-16(19)14-7-4-11(2)8-15(14)17/h4-8,10,16,19H,3,9H2,1-2H3. The molecular formula is C16H18FNO. The summed E-state index contributed by atoms with van der Waals surface area (Å²) < 4.78 is 13.7. The van der Waals surface area contributed by atoms with Crippen molar-refractivity contribution >= 4 is 0 Å². The van der Waals surface area contributed by atoms with E-state index >= 15 is 0 Å². The van der Waals surface area contributed by atoms with Crippen LogP contribution in [0.15, 0.2) is 36.5 Å². The number of aryl methyl sites for hydroxylation is 2. The second kappa shape index (κ2) is 5.93. The van der Waals surface area contributed by atoms with Gasteiger partial charge in [0, 0.05) is 23.9 Å². The summed E-state index contributed by atoms with van der Waals surface area (Å²) in [5.41, 5.74) is 3.09. The maximum absolute atomic E-state index is 13.7. The van der Waals surface area contributed by atoms with Gasteiger partial charge in [-0.2, -0.15) is 0 Å². The van der Waals surface area contributed by atoms with Crippen molar-refractivity contribution < 1.29 is 9.50 Å². The number of aliphatic hydroxyl groups is 1. The lowest BCUT2D eigenvalue weighted by atomic mass is 10.0. The van der Waals surface area contributed by atoms with Gasteiger partial charge in [-0.05, 0) is 36.6 Å². The van der Waals surface area contributed by atoms with Crippen molar-refractivity contribution in [3.63, 3.8) is 0 Å². The summed E-state index contributed by atoms with van der Waals surface area (Å²) in [5.74, 6) is -0.363. The largest absolute Gasteiger partial charge is 0.388 e. The Morgan fingerprint density at radius 3 is 2.63 bits per heavy atom. The summed E-state index contributed by atoms with van der Waals surface area (Å²) in [6.07, 6.45) is 2.19. The molecule has 2 nitrogen and oxygen atoms in total. The molecule has 0 saturated heterocycles. The molecule has 1 heterocycles. The monoisotopic (exact) mass is 259 g/mol. The van der Waals surface area contributed by atoms with Crippen LogP contribution in [0.2, 0.25) is 0 Å². The van der Waals surface area contributed by atoms with Crippen LogP contribution in [0.1, 0.15) is 35.4 Å². The zero-order valence-corrected chi connectivity index (χ0v) is 11.2. The predicted molar refractivity (Wildman–Crippen MR) is 73.4 cm³/mol. The van der Waals surface area contributed by atoms with Crippen molar-refractivity contribution in [3.05, 3.63) is 64.7 Å². The quantitative estimate of drug-likeness (QED) is 0.913. The third kappa shape index (κ3) is 3.38. The molecule has 1 unspecified atom stereocenters. The Morgan fingerprint density at radius 2 is 2.05 bits per heavy atom. The van der Waals surface area contributed by atoms with E-state index in [1.54, 1.807) is 18.3 Å². The number of pyridine rings is 1. The van der Waals surface area contributed by atoms with Crippen molar-refractivity contribution in [2.24, 2.45) is 0 Å². The maximum atomic E-state index is 13.7. The van der Waals surface area contributed by atoms with E-state index in [9.17, 15) is 9.50 Å². The zero-order valence-electron chi connectivity index (χ0n) is 11.2. The Balaban J connectivity index is 2.13. The molecule has 1 aromatic carbocycles. The van der Waals surface area contributed by atoms with Crippen LogP contribution in [0.25, 0.3) is 0 Å². The van der Waals surface area contributed by atoms with Crippen molar-refractivity contribution in [1.82, 2.24) is 4.98 Å². The van der Waals surface area contributed by atoms with Gasteiger partial charge in [-0.25, -0.2) is 4.39 Å². The highest BCUT2D eigenvalue weighted by Gasteiger charge is 2.14. The Hall–Kier alpha value is -1.74. The van der Waals surface area contributed by atoms with E-state index < -0.39 is 6.10 Å². The molecule has 2 aromatic rings. The minimum absolute atomic E-state index is 0.323. The van der Waals surface area contributed by atoms with Gasteiger partial charge in [-0.1, -0.05) is 25.1 Å². The van der Waals surface area contributed by atoms with Crippen LogP contribution in [0.4, 0.5) is 4.39 Å². The first-order valence-electron chi connectivity index (χ1n) is 6.48. The van der Waals surface area contributed by atoms with Gasteiger partial charge in [0.25, 0.3) is 0 Å². The Kier molecular flexibility index (Phi) is 4.27. The van der Waals surface area contributed by atoms with Gasteiger partial charge in [-0.15, -0.1) is 0 Å². The third-order valence-corrected chi connectivity index (χ3v) is 3.21. The molecule has 0 aliphatic rings. The lowest BCUT2D eigenvalue weighted by Gasteiger charge is -2.12. The van der Waals surface area contributed by atoms with E-state index in [0.29, 0.717) is 12.0 Å². The van der Waals surface area contributed by atoms with Crippen LogP contribution < -0.4 is 0 Å². The van der Waals surface area contributed by atoms with Crippen molar-refractivity contribution in [2.45, 2.75) is 32.8 Å². The Morgan fingerprint density at radius 1 is 1.26 bits per heavy atom. The molecule has 19 heavy (non-hydrogen) atoms. The van der Waals surface area contributed by atoms with E-state index in [1.807, 2.05) is 19.1 Å². The van der Waals surface area contributed by atoms with Crippen LogP contribution >= 0.6 is 0 Å². The topological polar surface area (TPSA) is 33.1 Å². The van der Waals surface area contributed by atoms with Gasteiger partial charge in [0.15, 0.2) is 0 Å². The molecule has 2 rings (SSSR count). The van der Waals surface area contributed by atoms with Gasteiger partial charge in [0.05, 0.1) is 6.10 Å². The number of hydrogen-bond acceptors (Lipinski definition) is 2. The fourth-order valence-electron chi connectivity index (χ4n) is 2.00. The molecule has 1 aromatic heterocycles. The highest BCUT2D eigenvalue weighted by Crippen LogP contribution is 2.21. The number of hydrogen-bond donors (Lipinski definition) is 1. The summed E-state index contributed by atoms with van der Waals surface area (Å²) in [7, 11) is 0. The molecule has 0 bridgehead atoms. The van der Waals surface area contributed by atoms with Crippen LogP contribution in [0, 0.1) is 12.7 Å². The summed E-state index contributed by atoms with van der Waals surface area (Å²) in [6.45, 7) is 3.89. The minimum Gasteiger partial charge on any atom is -0.388 e. The van der Waals surface area contributed by atoms with E-state index in [1.165, 1.54) is 6.07 Å². The molecule has 0 amide bonds. The number of aliphatic hydroxyl groups excluding tert-OH is 1. The first-order chi connectivity index (χ1) is 9.10. The smallest absolute Gasteiger partial charge is 0.129 e. The van der Waals surface area contributed by atoms with Gasteiger partial charge < -0.3 is 5.11 Å². The highest BCUT2D eigenvalue weighted by molar-refractivity contribution is 5.26.